The number of hydrogen-bond acceptors (Lipinski definition) is 5. The molecule has 0 bridgehead atoms. The van der Waals surface area contributed by atoms with Gasteiger partial charge in [0.15, 0.2) is 0 Å². The van der Waals surface area contributed by atoms with Crippen molar-refractivity contribution < 1.29 is 19.2 Å². The van der Waals surface area contributed by atoms with E-state index in [1.807, 2.05) is 13.2 Å². The maximum Gasteiger partial charge on any atom is 0.407 e. The molecule has 1 heterocycles. The van der Waals surface area contributed by atoms with E-state index < -0.39 is 12.1 Å². The van der Waals surface area contributed by atoms with Crippen LogP contribution in [-0.4, -0.2) is 54.4 Å². The third-order valence-corrected chi connectivity index (χ3v) is 5.99. The lowest BCUT2D eigenvalue weighted by atomic mass is 9.86. The zero-order valence-electron chi connectivity index (χ0n) is 16.2. The molecule has 2 aliphatic rings. The molecule has 0 aromatic heterocycles. The zero-order valence-corrected chi connectivity index (χ0v) is 17.0. The van der Waals surface area contributed by atoms with Crippen molar-refractivity contribution in [1.29, 1.82) is 0 Å². The molecule has 150 valence electrons. The second kappa shape index (κ2) is 11.7. The fourth-order valence-corrected chi connectivity index (χ4v) is 4.08. The Morgan fingerprint density at radius 1 is 1.19 bits per heavy atom. The van der Waals surface area contributed by atoms with Crippen molar-refractivity contribution >= 4 is 23.8 Å². The molecule has 0 aromatic carbocycles. The van der Waals surface area contributed by atoms with Gasteiger partial charge in [-0.3, -0.25) is 9.63 Å². The molecule has 1 saturated heterocycles. The molecule has 2 amide bonds. The summed E-state index contributed by atoms with van der Waals surface area (Å²) in [5.41, 5.74) is 0. The van der Waals surface area contributed by atoms with Crippen molar-refractivity contribution in [2.24, 2.45) is 5.92 Å². The molecule has 26 heavy (non-hydrogen) atoms. The van der Waals surface area contributed by atoms with Gasteiger partial charge in [-0.2, -0.15) is 11.8 Å². The normalized spacial score (nSPS) is 23.6. The Balaban J connectivity index is 1.52. The average molecular weight is 387 g/mol. The highest BCUT2D eigenvalue weighted by molar-refractivity contribution is 7.98. The van der Waals surface area contributed by atoms with E-state index in [0.29, 0.717) is 13.2 Å². The van der Waals surface area contributed by atoms with Gasteiger partial charge in [-0.25, -0.2) is 9.86 Å². The lowest BCUT2D eigenvalue weighted by Gasteiger charge is -2.43. The van der Waals surface area contributed by atoms with Gasteiger partial charge in [0.25, 0.3) is 5.91 Å². The summed E-state index contributed by atoms with van der Waals surface area (Å²) >= 11 is 1.75. The Hall–Kier alpha value is -0.950. The number of rotatable bonds is 11. The number of hydrogen-bond donors (Lipinski definition) is 1. The van der Waals surface area contributed by atoms with Crippen LogP contribution in [-0.2, 0) is 14.4 Å². The summed E-state index contributed by atoms with van der Waals surface area (Å²) in [5, 5.41) is 4.01. The average Bonchev–Trinajstić information content (AvgIpc) is 2.66. The number of alkyl carbamates (subject to hydrolysis) is 1. The first-order valence-electron chi connectivity index (χ1n) is 10.0. The Labute approximate surface area is 161 Å². The van der Waals surface area contributed by atoms with Crippen molar-refractivity contribution in [1.82, 2.24) is 10.4 Å². The third kappa shape index (κ3) is 6.65. The zero-order chi connectivity index (χ0) is 18.8. The van der Waals surface area contributed by atoms with Crippen molar-refractivity contribution in [2.75, 3.05) is 25.2 Å². The highest BCUT2D eigenvalue weighted by Crippen LogP contribution is 2.27. The number of amides is 2. The summed E-state index contributed by atoms with van der Waals surface area (Å²) in [7, 11) is 0. The van der Waals surface area contributed by atoms with E-state index in [0.717, 1.165) is 30.9 Å². The summed E-state index contributed by atoms with van der Waals surface area (Å²) in [5.74, 6) is 1.68. The number of nitrogens with zero attached hydrogens (tertiary/aromatic N) is 1. The molecule has 1 aliphatic carbocycles. The monoisotopic (exact) mass is 386 g/mol. The van der Waals surface area contributed by atoms with E-state index in [1.54, 1.807) is 11.8 Å². The first kappa shape index (κ1) is 21.4. The van der Waals surface area contributed by atoms with Crippen LogP contribution in [0.2, 0.25) is 0 Å². The molecule has 2 rings (SSSR count). The minimum Gasteiger partial charge on any atom is -0.450 e. The maximum atomic E-state index is 12.0. The van der Waals surface area contributed by atoms with E-state index in [-0.39, 0.29) is 11.9 Å². The van der Waals surface area contributed by atoms with Crippen LogP contribution >= 0.6 is 11.8 Å². The number of carbonyl (C=O) groups is 2. The molecule has 2 fully saturated rings. The van der Waals surface area contributed by atoms with Gasteiger partial charge in [0.1, 0.15) is 6.04 Å². The predicted molar refractivity (Wildman–Crippen MR) is 104 cm³/mol. The number of ether oxygens (including phenoxy) is 1. The van der Waals surface area contributed by atoms with Crippen molar-refractivity contribution in [3.63, 3.8) is 0 Å². The highest BCUT2D eigenvalue weighted by Gasteiger charge is 2.47. The van der Waals surface area contributed by atoms with Crippen LogP contribution in [0, 0.1) is 5.92 Å². The SMILES string of the molecule is CSCCCON1C(=O)[C@@H](NC(=O)OCCCCC2CCCCC2)[C@@H]1C. The first-order valence-corrected chi connectivity index (χ1v) is 11.4. The number of carbonyl (C=O) groups excluding carboxylic acids is 2. The molecule has 2 atom stereocenters. The van der Waals surface area contributed by atoms with Crippen LogP contribution in [0.5, 0.6) is 0 Å². The molecular formula is C19H34N2O4S. The van der Waals surface area contributed by atoms with Crippen LogP contribution in [0.3, 0.4) is 0 Å². The summed E-state index contributed by atoms with van der Waals surface area (Å²) < 4.78 is 5.22. The third-order valence-electron chi connectivity index (χ3n) is 5.30. The van der Waals surface area contributed by atoms with Crippen LogP contribution in [0.4, 0.5) is 4.79 Å². The molecule has 1 N–H and O–H groups in total. The van der Waals surface area contributed by atoms with Gasteiger partial charge in [0, 0.05) is 0 Å². The molecule has 6 nitrogen and oxygen atoms in total. The van der Waals surface area contributed by atoms with Crippen molar-refractivity contribution in [2.45, 2.75) is 76.8 Å². The highest BCUT2D eigenvalue weighted by atomic mass is 32.2. The second-order valence-corrected chi connectivity index (χ2v) is 8.33. The van der Waals surface area contributed by atoms with Gasteiger partial charge >= 0.3 is 6.09 Å². The molecule has 0 spiro atoms. The van der Waals surface area contributed by atoms with Gasteiger partial charge in [-0.05, 0) is 44.1 Å². The predicted octanol–water partition coefficient (Wildman–Crippen LogP) is 3.75. The van der Waals surface area contributed by atoms with E-state index in [2.05, 4.69) is 5.32 Å². The Morgan fingerprint density at radius 3 is 2.65 bits per heavy atom. The number of thioether (sulfide) groups is 1. The number of nitrogens with one attached hydrogen (secondary N) is 1. The van der Waals surface area contributed by atoms with E-state index in [9.17, 15) is 9.59 Å². The van der Waals surface area contributed by atoms with E-state index in [4.69, 9.17) is 9.57 Å². The van der Waals surface area contributed by atoms with Gasteiger partial charge < -0.3 is 10.1 Å². The molecular weight excluding hydrogens is 352 g/mol. The first-order chi connectivity index (χ1) is 12.6. The summed E-state index contributed by atoms with van der Waals surface area (Å²) in [6.07, 6.45) is 12.5. The smallest absolute Gasteiger partial charge is 0.407 e. The van der Waals surface area contributed by atoms with Gasteiger partial charge in [-0.15, -0.1) is 0 Å². The Morgan fingerprint density at radius 2 is 1.96 bits per heavy atom. The molecule has 0 unspecified atom stereocenters. The number of β-lactam (4-membered cyclic amide) rings is 1. The number of hydroxylamine groups is 2. The minimum absolute atomic E-state index is 0.157. The second-order valence-electron chi connectivity index (χ2n) is 7.34. The van der Waals surface area contributed by atoms with Crippen LogP contribution < -0.4 is 5.32 Å². The summed E-state index contributed by atoms with van der Waals surface area (Å²) in [6.45, 7) is 2.81. The quantitative estimate of drug-likeness (QED) is 0.433. The topological polar surface area (TPSA) is 67.9 Å². The molecule has 1 saturated carbocycles. The van der Waals surface area contributed by atoms with Gasteiger partial charge in [0.05, 0.1) is 19.3 Å². The molecule has 7 heteroatoms. The van der Waals surface area contributed by atoms with Crippen LogP contribution in [0.15, 0.2) is 0 Å². The lowest BCUT2D eigenvalue weighted by molar-refractivity contribution is -0.231. The van der Waals surface area contributed by atoms with Crippen LogP contribution in [0.25, 0.3) is 0 Å². The van der Waals surface area contributed by atoms with Gasteiger partial charge in [0.2, 0.25) is 0 Å². The summed E-state index contributed by atoms with van der Waals surface area (Å²) in [6, 6.07) is -0.694. The van der Waals surface area contributed by atoms with E-state index in [1.165, 1.54) is 43.6 Å². The van der Waals surface area contributed by atoms with Crippen LogP contribution in [0.1, 0.15) is 64.7 Å². The summed E-state index contributed by atoms with van der Waals surface area (Å²) in [4.78, 5) is 29.4. The minimum atomic E-state index is -0.537. The Kier molecular flexibility index (Phi) is 9.61. The fraction of sp³-hybridized carbons (Fsp3) is 0.895. The van der Waals surface area contributed by atoms with Crippen molar-refractivity contribution in [3.8, 4) is 0 Å². The largest absolute Gasteiger partial charge is 0.450 e. The standard InChI is InChI=1S/C19H34N2O4S/c1-15-17(18(22)21(15)25-13-8-14-26-2)20-19(23)24-12-7-6-11-16-9-4-3-5-10-16/h15-17H,3-14H2,1-2H3,(H,20,23)/t15-,17-/m0/s1. The molecule has 0 aromatic rings. The van der Waals surface area contributed by atoms with Gasteiger partial charge in [-0.1, -0.05) is 38.5 Å². The fourth-order valence-electron chi connectivity index (χ4n) is 3.67. The Bertz CT molecular complexity index is 443. The number of unbranched alkanes of at least 4 members (excludes halogenated alkanes) is 1. The molecule has 0 radical (unpaired) electrons. The molecule has 1 aliphatic heterocycles. The van der Waals surface area contributed by atoms with E-state index >= 15 is 0 Å². The van der Waals surface area contributed by atoms with Crippen molar-refractivity contribution in [3.05, 3.63) is 0 Å². The maximum absolute atomic E-state index is 12.0. The lowest BCUT2D eigenvalue weighted by Crippen LogP contribution is -2.69.